The van der Waals surface area contributed by atoms with E-state index < -0.39 is 38.2 Å². The van der Waals surface area contributed by atoms with E-state index in [0.29, 0.717) is 17.9 Å². The molecule has 0 bridgehead atoms. The van der Waals surface area contributed by atoms with Crippen molar-refractivity contribution in [3.63, 3.8) is 0 Å². The molecule has 3 amide bonds. The number of piperazine rings is 1. The number of nitrogens with one attached hydrogen (secondary N) is 2. The van der Waals surface area contributed by atoms with Crippen molar-refractivity contribution in [2.75, 3.05) is 42.5 Å². The number of hydrogen-bond donors (Lipinski definition) is 2. The predicted molar refractivity (Wildman–Crippen MR) is 139 cm³/mol. The number of nitrogens with zero attached hydrogens (tertiary/aromatic N) is 3. The molecular formula is C20H22Cl6FN5O4. The second kappa shape index (κ2) is 11.7. The first-order valence-corrected chi connectivity index (χ1v) is 12.9. The minimum absolute atomic E-state index is 0.0743. The van der Waals surface area contributed by atoms with E-state index in [1.807, 2.05) is 0 Å². The zero-order chi connectivity index (χ0) is 26.8. The van der Waals surface area contributed by atoms with Gasteiger partial charge >= 0.3 is 6.09 Å². The Kier molecular flexibility index (Phi) is 9.57. The van der Waals surface area contributed by atoms with Crippen molar-refractivity contribution in [2.24, 2.45) is 0 Å². The van der Waals surface area contributed by atoms with Gasteiger partial charge in [0.15, 0.2) is 6.30 Å². The normalized spacial score (nSPS) is 22.3. The van der Waals surface area contributed by atoms with Crippen LogP contribution in [0.15, 0.2) is 24.3 Å². The number of amides is 3. The smallest absolute Gasteiger partial charge is 0.414 e. The highest BCUT2D eigenvalue weighted by Crippen LogP contribution is 2.36. The number of ether oxygens (including phenoxy) is 1. The van der Waals surface area contributed by atoms with Gasteiger partial charge in [0.1, 0.15) is 12.3 Å². The summed E-state index contributed by atoms with van der Waals surface area (Å²) in [6, 6.07) is 6.90. The first kappa shape index (κ1) is 29.4. The summed E-state index contributed by atoms with van der Waals surface area (Å²) in [5, 5.41) is 4.90. The maximum Gasteiger partial charge on any atom is 0.414 e. The van der Waals surface area contributed by atoms with Crippen LogP contribution in [-0.2, 0) is 14.3 Å². The van der Waals surface area contributed by atoms with E-state index in [0.717, 1.165) is 0 Å². The molecule has 2 aliphatic rings. The molecule has 2 heterocycles. The molecule has 2 aliphatic heterocycles. The molecule has 1 aromatic carbocycles. The van der Waals surface area contributed by atoms with Crippen molar-refractivity contribution in [3.05, 3.63) is 24.3 Å². The molecular weight excluding hydrogens is 606 g/mol. The highest BCUT2D eigenvalue weighted by Gasteiger charge is 2.46. The Morgan fingerprint density at radius 2 is 1.69 bits per heavy atom. The number of benzene rings is 1. The molecule has 0 spiro atoms. The Bertz CT molecular complexity index is 977. The summed E-state index contributed by atoms with van der Waals surface area (Å²) in [5.74, 6) is -1.28. The summed E-state index contributed by atoms with van der Waals surface area (Å²) in [6.07, 6.45) is -4.02. The van der Waals surface area contributed by atoms with Crippen LogP contribution in [0, 0.1) is 0 Å². The van der Waals surface area contributed by atoms with Crippen LogP contribution in [0.25, 0.3) is 0 Å². The molecule has 3 rings (SSSR count). The third-order valence-corrected chi connectivity index (χ3v) is 6.64. The van der Waals surface area contributed by atoms with Crippen LogP contribution in [0.2, 0.25) is 0 Å². The summed E-state index contributed by atoms with van der Waals surface area (Å²) >= 11 is 34.7. The Labute approximate surface area is 236 Å². The molecule has 16 heteroatoms. The second-order valence-corrected chi connectivity index (χ2v) is 12.8. The zero-order valence-corrected chi connectivity index (χ0v) is 23.2. The highest BCUT2D eigenvalue weighted by atomic mass is 35.6. The molecule has 0 aromatic heterocycles. The van der Waals surface area contributed by atoms with Gasteiger partial charge in [-0.25, -0.2) is 14.1 Å². The molecule has 9 nitrogen and oxygen atoms in total. The van der Waals surface area contributed by atoms with E-state index in [2.05, 4.69) is 10.6 Å². The number of rotatable bonds is 6. The van der Waals surface area contributed by atoms with E-state index in [4.69, 9.17) is 74.3 Å². The largest absolute Gasteiger partial charge is 0.442 e. The molecule has 3 unspecified atom stereocenters. The average Bonchev–Trinajstić information content (AvgIpc) is 3.15. The van der Waals surface area contributed by atoms with Crippen molar-refractivity contribution in [2.45, 2.75) is 33.1 Å². The topological polar surface area (TPSA) is 94.2 Å². The monoisotopic (exact) mass is 625 g/mol. The third kappa shape index (κ3) is 7.46. The Hall–Kier alpha value is -1.14. The van der Waals surface area contributed by atoms with Gasteiger partial charge in [0.25, 0.3) is 9.70 Å². The van der Waals surface area contributed by atoms with Gasteiger partial charge in [0.05, 0.1) is 19.6 Å². The standard InChI is InChI=1S/C20H22Cl6FN5O4/c1-11(33)28-8-14-9-32(18(35)36-14)13-4-2-12(3-5-13)30-6-7-31(15(27)10-30)16(19(21,22)23)29-17(34)20(24,25)26/h2-5,14-16H,6-10H2,1H3,(H,28,33)(H,29,34). The minimum Gasteiger partial charge on any atom is -0.442 e. The summed E-state index contributed by atoms with van der Waals surface area (Å²) in [7, 11) is 0. The lowest BCUT2D eigenvalue weighted by Gasteiger charge is -2.44. The average molecular weight is 628 g/mol. The first-order valence-electron chi connectivity index (χ1n) is 10.6. The highest BCUT2D eigenvalue weighted by molar-refractivity contribution is 6.76. The van der Waals surface area contributed by atoms with Crippen molar-refractivity contribution >= 4 is 98.9 Å². The molecule has 36 heavy (non-hydrogen) atoms. The first-order chi connectivity index (χ1) is 16.7. The lowest BCUT2D eigenvalue weighted by molar-refractivity contribution is -0.123. The van der Waals surface area contributed by atoms with Crippen molar-refractivity contribution in [1.82, 2.24) is 15.5 Å². The second-order valence-electron chi connectivity index (χ2n) is 8.10. The predicted octanol–water partition coefficient (Wildman–Crippen LogP) is 3.75. The molecule has 2 N–H and O–H groups in total. The lowest BCUT2D eigenvalue weighted by Crippen LogP contribution is -2.64. The fourth-order valence-corrected chi connectivity index (χ4v) is 4.48. The fourth-order valence-electron chi connectivity index (χ4n) is 3.78. The van der Waals surface area contributed by atoms with Crippen LogP contribution in [-0.4, -0.2) is 81.7 Å². The van der Waals surface area contributed by atoms with Crippen molar-refractivity contribution in [3.8, 4) is 0 Å². The maximum absolute atomic E-state index is 15.2. The van der Waals surface area contributed by atoms with Gasteiger partial charge in [-0.2, -0.15) is 0 Å². The SMILES string of the molecule is CC(=O)NCC1CN(c2ccc(N3CCN(C(NC(=O)C(Cl)(Cl)Cl)C(Cl)(Cl)Cl)C(F)C3)cc2)C(=O)O1. The number of anilines is 2. The Balaban J connectivity index is 1.64. The molecule has 2 fully saturated rings. The van der Waals surface area contributed by atoms with Crippen LogP contribution in [0.4, 0.5) is 20.6 Å². The zero-order valence-electron chi connectivity index (χ0n) is 18.7. The Morgan fingerprint density at radius 3 is 2.22 bits per heavy atom. The fraction of sp³-hybridized carbons (Fsp3) is 0.550. The maximum atomic E-state index is 15.2. The molecule has 0 aliphatic carbocycles. The van der Waals surface area contributed by atoms with Crippen LogP contribution in [0.3, 0.4) is 0 Å². The third-order valence-electron chi connectivity index (χ3n) is 5.51. The van der Waals surface area contributed by atoms with E-state index in [-0.39, 0.29) is 32.1 Å². The molecule has 2 saturated heterocycles. The minimum atomic E-state index is -2.32. The number of carbonyl (C=O) groups is 3. The number of carbonyl (C=O) groups excluding carboxylic acids is 3. The lowest BCUT2D eigenvalue weighted by atomic mass is 10.2. The summed E-state index contributed by atoms with van der Waals surface area (Å²) in [4.78, 5) is 39.8. The van der Waals surface area contributed by atoms with Gasteiger partial charge in [-0.3, -0.25) is 14.5 Å². The Morgan fingerprint density at radius 1 is 1.08 bits per heavy atom. The van der Waals surface area contributed by atoms with Crippen molar-refractivity contribution < 1.29 is 23.5 Å². The number of alkyl halides is 7. The number of hydrogen-bond acceptors (Lipinski definition) is 6. The van der Waals surface area contributed by atoms with Crippen LogP contribution in [0.5, 0.6) is 0 Å². The van der Waals surface area contributed by atoms with E-state index in [1.54, 1.807) is 29.2 Å². The van der Waals surface area contributed by atoms with E-state index >= 15 is 4.39 Å². The summed E-state index contributed by atoms with van der Waals surface area (Å²) < 4.78 is 16.1. The van der Waals surface area contributed by atoms with Crippen molar-refractivity contribution in [1.29, 1.82) is 0 Å². The van der Waals surface area contributed by atoms with Gasteiger partial charge in [0.2, 0.25) is 9.70 Å². The molecule has 3 atom stereocenters. The number of halogens is 7. The van der Waals surface area contributed by atoms with E-state index in [1.165, 1.54) is 16.7 Å². The quantitative estimate of drug-likeness (QED) is 0.369. The van der Waals surface area contributed by atoms with E-state index in [9.17, 15) is 14.4 Å². The van der Waals surface area contributed by atoms with Crippen LogP contribution in [0.1, 0.15) is 6.92 Å². The van der Waals surface area contributed by atoms with Gasteiger partial charge in [-0.15, -0.1) is 0 Å². The van der Waals surface area contributed by atoms with Gasteiger partial charge in [0, 0.05) is 31.4 Å². The molecule has 0 saturated carbocycles. The van der Waals surface area contributed by atoms with Gasteiger partial charge in [-0.1, -0.05) is 69.6 Å². The summed E-state index contributed by atoms with van der Waals surface area (Å²) in [5.41, 5.74) is 1.29. The molecule has 1 aromatic rings. The summed E-state index contributed by atoms with van der Waals surface area (Å²) in [6.45, 7) is 2.17. The molecule has 200 valence electrons. The van der Waals surface area contributed by atoms with Crippen LogP contribution >= 0.6 is 69.6 Å². The van der Waals surface area contributed by atoms with Crippen LogP contribution < -0.4 is 20.4 Å². The number of cyclic esters (lactones) is 1. The van der Waals surface area contributed by atoms with Gasteiger partial charge < -0.3 is 20.3 Å². The van der Waals surface area contributed by atoms with Gasteiger partial charge in [-0.05, 0) is 24.3 Å². The molecule has 0 radical (unpaired) electrons.